The zero-order chi connectivity index (χ0) is 14.4. The maximum absolute atomic E-state index is 9.97. The number of ether oxygens (including phenoxy) is 1. The number of aliphatic hydroxyl groups excluding tert-OH is 1. The highest BCUT2D eigenvalue weighted by atomic mass is 16.5. The largest absolute Gasteiger partial charge is 0.473 e. The van der Waals surface area contributed by atoms with Gasteiger partial charge in [0, 0.05) is 25.1 Å². The number of aliphatic hydroxyl groups is 1. The molecule has 0 aliphatic rings. The Balaban J connectivity index is 1.90. The van der Waals surface area contributed by atoms with Crippen LogP contribution >= 0.6 is 0 Å². The molecule has 2 N–H and O–H groups in total. The minimum atomic E-state index is -0.540. The van der Waals surface area contributed by atoms with E-state index >= 15 is 0 Å². The maximum Gasteiger partial charge on any atom is 0.237 e. The molecule has 0 bridgehead atoms. The molecule has 2 aromatic heterocycles. The summed E-state index contributed by atoms with van der Waals surface area (Å²) in [4.78, 5) is 4.19. The van der Waals surface area contributed by atoms with Crippen LogP contribution in [0.5, 0.6) is 5.88 Å². The SMILES string of the molecule is CC(C)Oc1ncccc1NCC(O)Cn1cccn1. The predicted octanol–water partition coefficient (Wildman–Crippen LogP) is 1.54. The maximum atomic E-state index is 9.97. The van der Waals surface area contributed by atoms with E-state index in [2.05, 4.69) is 15.4 Å². The molecule has 0 aliphatic heterocycles. The minimum Gasteiger partial charge on any atom is -0.473 e. The van der Waals surface area contributed by atoms with Crippen molar-refractivity contribution >= 4 is 5.69 Å². The van der Waals surface area contributed by atoms with E-state index in [9.17, 15) is 5.11 Å². The molecule has 1 atom stereocenters. The third kappa shape index (κ3) is 4.24. The van der Waals surface area contributed by atoms with Gasteiger partial charge in [0.1, 0.15) is 0 Å². The van der Waals surface area contributed by atoms with Gasteiger partial charge in [-0.3, -0.25) is 4.68 Å². The topological polar surface area (TPSA) is 72.2 Å². The molecule has 0 aliphatic carbocycles. The number of aromatic nitrogens is 3. The number of nitrogens with zero attached hydrogens (tertiary/aromatic N) is 3. The van der Waals surface area contributed by atoms with E-state index in [0.29, 0.717) is 19.0 Å². The van der Waals surface area contributed by atoms with Crippen LogP contribution in [-0.4, -0.2) is 38.6 Å². The van der Waals surface area contributed by atoms with Gasteiger partial charge in [-0.05, 0) is 32.0 Å². The number of nitrogens with one attached hydrogen (secondary N) is 1. The molecule has 0 saturated carbocycles. The van der Waals surface area contributed by atoms with Crippen molar-refractivity contribution in [3.63, 3.8) is 0 Å². The summed E-state index contributed by atoms with van der Waals surface area (Å²) in [6.07, 6.45) is 4.71. The van der Waals surface area contributed by atoms with Gasteiger partial charge in [0.15, 0.2) is 0 Å². The van der Waals surface area contributed by atoms with Crippen molar-refractivity contribution < 1.29 is 9.84 Å². The van der Waals surface area contributed by atoms with E-state index in [1.807, 2.05) is 38.2 Å². The van der Waals surface area contributed by atoms with Crippen LogP contribution in [0.25, 0.3) is 0 Å². The molecule has 2 heterocycles. The summed E-state index contributed by atoms with van der Waals surface area (Å²) in [6.45, 7) is 4.75. The Labute approximate surface area is 118 Å². The Morgan fingerprint density at radius 2 is 2.20 bits per heavy atom. The second-order valence-corrected chi connectivity index (χ2v) is 4.79. The fourth-order valence-electron chi connectivity index (χ4n) is 1.76. The molecule has 1 unspecified atom stereocenters. The molecule has 0 aromatic carbocycles. The lowest BCUT2D eigenvalue weighted by atomic mass is 10.3. The minimum absolute atomic E-state index is 0.0550. The first-order valence-electron chi connectivity index (χ1n) is 6.66. The molecule has 0 spiro atoms. The highest BCUT2D eigenvalue weighted by Crippen LogP contribution is 2.21. The van der Waals surface area contributed by atoms with E-state index in [-0.39, 0.29) is 6.10 Å². The summed E-state index contributed by atoms with van der Waals surface area (Å²) in [7, 11) is 0. The summed E-state index contributed by atoms with van der Waals surface area (Å²) in [5, 5.41) is 17.2. The van der Waals surface area contributed by atoms with Crippen LogP contribution in [0.15, 0.2) is 36.8 Å². The zero-order valence-corrected chi connectivity index (χ0v) is 11.7. The first-order valence-corrected chi connectivity index (χ1v) is 6.66. The molecule has 20 heavy (non-hydrogen) atoms. The molecule has 2 rings (SSSR count). The third-order valence-electron chi connectivity index (χ3n) is 2.60. The summed E-state index contributed by atoms with van der Waals surface area (Å²) in [6, 6.07) is 5.54. The molecule has 0 amide bonds. The second kappa shape index (κ2) is 6.91. The molecule has 2 aromatic rings. The van der Waals surface area contributed by atoms with E-state index in [0.717, 1.165) is 5.69 Å². The van der Waals surface area contributed by atoms with Gasteiger partial charge in [0.2, 0.25) is 5.88 Å². The molecule has 0 saturated heterocycles. The molecule has 0 fully saturated rings. The van der Waals surface area contributed by atoms with Crippen molar-refractivity contribution in [1.29, 1.82) is 0 Å². The average molecular weight is 276 g/mol. The molecule has 6 heteroatoms. The number of hydrogen-bond acceptors (Lipinski definition) is 5. The van der Waals surface area contributed by atoms with Gasteiger partial charge in [-0.1, -0.05) is 0 Å². The zero-order valence-electron chi connectivity index (χ0n) is 11.7. The molecule has 108 valence electrons. The summed E-state index contributed by atoms with van der Waals surface area (Å²) in [5.74, 6) is 0.550. The van der Waals surface area contributed by atoms with Crippen molar-refractivity contribution in [3.05, 3.63) is 36.8 Å². The van der Waals surface area contributed by atoms with Crippen LogP contribution in [0.4, 0.5) is 5.69 Å². The Kier molecular flexibility index (Phi) is 4.95. The molecule has 0 radical (unpaired) electrons. The van der Waals surface area contributed by atoms with E-state index in [4.69, 9.17) is 4.74 Å². The van der Waals surface area contributed by atoms with Crippen LogP contribution < -0.4 is 10.1 Å². The predicted molar refractivity (Wildman–Crippen MR) is 76.7 cm³/mol. The number of anilines is 1. The van der Waals surface area contributed by atoms with Gasteiger partial charge in [-0.2, -0.15) is 5.10 Å². The Morgan fingerprint density at radius 1 is 1.35 bits per heavy atom. The summed E-state index contributed by atoms with van der Waals surface area (Å²) < 4.78 is 7.31. The van der Waals surface area contributed by atoms with Gasteiger partial charge in [-0.25, -0.2) is 4.98 Å². The van der Waals surface area contributed by atoms with E-state index in [1.165, 1.54) is 0 Å². The average Bonchev–Trinajstić information content (AvgIpc) is 2.90. The quantitative estimate of drug-likeness (QED) is 0.802. The van der Waals surface area contributed by atoms with Crippen LogP contribution in [0.2, 0.25) is 0 Å². The first kappa shape index (κ1) is 14.3. The van der Waals surface area contributed by atoms with Crippen molar-refractivity contribution in [2.75, 3.05) is 11.9 Å². The number of rotatable bonds is 7. The van der Waals surface area contributed by atoms with Crippen LogP contribution in [0, 0.1) is 0 Å². The van der Waals surface area contributed by atoms with Crippen molar-refractivity contribution in [2.24, 2.45) is 0 Å². The molecule has 6 nitrogen and oxygen atoms in total. The molecular weight excluding hydrogens is 256 g/mol. The van der Waals surface area contributed by atoms with E-state index < -0.39 is 6.10 Å². The fraction of sp³-hybridized carbons (Fsp3) is 0.429. The van der Waals surface area contributed by atoms with E-state index in [1.54, 1.807) is 17.1 Å². The normalized spacial score (nSPS) is 12.4. The van der Waals surface area contributed by atoms with Gasteiger partial charge in [-0.15, -0.1) is 0 Å². The Bertz CT molecular complexity index is 514. The lowest BCUT2D eigenvalue weighted by Gasteiger charge is -2.16. The van der Waals surface area contributed by atoms with Crippen molar-refractivity contribution in [1.82, 2.24) is 14.8 Å². The second-order valence-electron chi connectivity index (χ2n) is 4.79. The van der Waals surface area contributed by atoms with Crippen LogP contribution in [0.3, 0.4) is 0 Å². The lowest BCUT2D eigenvalue weighted by molar-refractivity contribution is 0.161. The highest BCUT2D eigenvalue weighted by Gasteiger charge is 2.09. The monoisotopic (exact) mass is 276 g/mol. The van der Waals surface area contributed by atoms with Crippen molar-refractivity contribution in [2.45, 2.75) is 32.6 Å². The number of pyridine rings is 1. The standard InChI is InChI=1S/C14H20N4O2/c1-11(2)20-14-13(5-3-6-15-14)16-9-12(19)10-18-8-4-7-17-18/h3-8,11-12,16,19H,9-10H2,1-2H3. The van der Waals surface area contributed by atoms with Gasteiger partial charge >= 0.3 is 0 Å². The Morgan fingerprint density at radius 3 is 2.90 bits per heavy atom. The smallest absolute Gasteiger partial charge is 0.237 e. The Hall–Kier alpha value is -2.08. The highest BCUT2D eigenvalue weighted by molar-refractivity contribution is 5.52. The number of hydrogen-bond donors (Lipinski definition) is 2. The van der Waals surface area contributed by atoms with Gasteiger partial charge in [0.25, 0.3) is 0 Å². The summed E-state index contributed by atoms with van der Waals surface area (Å²) >= 11 is 0. The van der Waals surface area contributed by atoms with Gasteiger partial charge < -0.3 is 15.2 Å². The fourth-order valence-corrected chi connectivity index (χ4v) is 1.76. The van der Waals surface area contributed by atoms with Crippen LogP contribution in [0.1, 0.15) is 13.8 Å². The lowest BCUT2D eigenvalue weighted by Crippen LogP contribution is -2.25. The third-order valence-corrected chi connectivity index (χ3v) is 2.60. The van der Waals surface area contributed by atoms with Crippen LogP contribution in [-0.2, 0) is 6.54 Å². The van der Waals surface area contributed by atoms with Gasteiger partial charge in [0.05, 0.1) is 24.4 Å². The molecular formula is C14H20N4O2. The first-order chi connectivity index (χ1) is 9.65. The summed E-state index contributed by atoms with van der Waals surface area (Å²) in [5.41, 5.74) is 0.778. The van der Waals surface area contributed by atoms with Crippen molar-refractivity contribution in [3.8, 4) is 5.88 Å².